The Hall–Kier alpha value is -0.530. The Bertz CT molecular complexity index is 292. The molecule has 1 aliphatic heterocycles. The quantitative estimate of drug-likeness (QED) is 0.641. The predicted molar refractivity (Wildman–Crippen MR) is 49.4 cm³/mol. The molecule has 0 spiro atoms. The number of hydrogen-bond donors (Lipinski definition) is 0. The lowest BCUT2D eigenvalue weighted by Crippen LogP contribution is -2.05. The van der Waals surface area contributed by atoms with E-state index in [0.717, 1.165) is 18.1 Å². The molecule has 1 heterocycles. The molecule has 0 bridgehead atoms. The maximum absolute atomic E-state index is 5.88. The maximum atomic E-state index is 5.88. The summed E-state index contributed by atoms with van der Waals surface area (Å²) in [5, 5.41) is 0.788. The lowest BCUT2D eigenvalue weighted by atomic mass is 9.98. The van der Waals surface area contributed by atoms with Crippen molar-refractivity contribution in [2.45, 2.75) is 18.9 Å². The first-order valence-corrected chi connectivity index (χ1v) is 4.55. The van der Waals surface area contributed by atoms with Crippen molar-refractivity contribution in [3.05, 3.63) is 34.9 Å². The van der Waals surface area contributed by atoms with E-state index < -0.39 is 0 Å². The first-order chi connectivity index (χ1) is 5.77. The fraction of sp³-hybridized carbons (Fsp3) is 0.400. The van der Waals surface area contributed by atoms with Crippen molar-refractivity contribution in [2.75, 3.05) is 6.61 Å². The Kier molecular flexibility index (Phi) is 1.85. The van der Waals surface area contributed by atoms with Gasteiger partial charge in [0.05, 0.1) is 6.61 Å². The molecule has 1 saturated heterocycles. The standard InChI is InChI=1S/C10H11ClO/c1-2-10(7-12-10)8-4-3-5-9(11)6-8/h3-6H,2,7H2,1H3. The Morgan fingerprint density at radius 1 is 1.58 bits per heavy atom. The summed E-state index contributed by atoms with van der Waals surface area (Å²) in [5.74, 6) is 0. The van der Waals surface area contributed by atoms with Crippen molar-refractivity contribution in [1.82, 2.24) is 0 Å². The third-order valence-corrected chi connectivity index (χ3v) is 2.65. The molecule has 64 valence electrons. The summed E-state index contributed by atoms with van der Waals surface area (Å²) in [6, 6.07) is 7.91. The van der Waals surface area contributed by atoms with Gasteiger partial charge in [0.15, 0.2) is 0 Å². The van der Waals surface area contributed by atoms with Gasteiger partial charge in [-0.2, -0.15) is 0 Å². The molecule has 0 radical (unpaired) electrons. The molecule has 0 aromatic heterocycles. The molecule has 0 amide bonds. The number of epoxide rings is 1. The van der Waals surface area contributed by atoms with Gasteiger partial charge >= 0.3 is 0 Å². The van der Waals surface area contributed by atoms with Crippen molar-refractivity contribution in [3.8, 4) is 0 Å². The van der Waals surface area contributed by atoms with Crippen LogP contribution in [0.2, 0.25) is 5.02 Å². The van der Waals surface area contributed by atoms with Crippen LogP contribution >= 0.6 is 11.6 Å². The zero-order valence-corrected chi connectivity index (χ0v) is 7.77. The molecule has 2 rings (SSSR count). The zero-order valence-electron chi connectivity index (χ0n) is 7.01. The number of hydrogen-bond acceptors (Lipinski definition) is 1. The van der Waals surface area contributed by atoms with Gasteiger partial charge in [-0.25, -0.2) is 0 Å². The summed E-state index contributed by atoms with van der Waals surface area (Å²) >= 11 is 5.88. The number of benzene rings is 1. The summed E-state index contributed by atoms with van der Waals surface area (Å²) in [7, 11) is 0. The summed E-state index contributed by atoms with van der Waals surface area (Å²) in [6.07, 6.45) is 1.02. The Labute approximate surface area is 77.3 Å². The van der Waals surface area contributed by atoms with Gasteiger partial charge in [-0.15, -0.1) is 0 Å². The second kappa shape index (κ2) is 2.75. The van der Waals surface area contributed by atoms with Gasteiger partial charge in [0.2, 0.25) is 0 Å². The highest BCUT2D eigenvalue weighted by Gasteiger charge is 2.44. The van der Waals surface area contributed by atoms with Crippen LogP contribution in [-0.4, -0.2) is 6.61 Å². The highest BCUT2D eigenvalue weighted by Crippen LogP contribution is 2.42. The van der Waals surface area contributed by atoms with Crippen LogP contribution in [-0.2, 0) is 10.3 Å². The lowest BCUT2D eigenvalue weighted by Gasteiger charge is -2.08. The molecule has 0 N–H and O–H groups in total. The maximum Gasteiger partial charge on any atom is 0.116 e. The van der Waals surface area contributed by atoms with Crippen LogP contribution in [0.5, 0.6) is 0 Å². The van der Waals surface area contributed by atoms with Gasteiger partial charge in [0.1, 0.15) is 5.60 Å². The van der Waals surface area contributed by atoms with Gasteiger partial charge in [-0.05, 0) is 24.1 Å². The van der Waals surface area contributed by atoms with Crippen molar-refractivity contribution >= 4 is 11.6 Å². The number of ether oxygens (including phenoxy) is 1. The SMILES string of the molecule is CCC1(c2cccc(Cl)c2)CO1. The minimum absolute atomic E-state index is 0.00903. The van der Waals surface area contributed by atoms with E-state index in [0.29, 0.717) is 0 Å². The fourth-order valence-electron chi connectivity index (χ4n) is 1.43. The number of halogens is 1. The molecular weight excluding hydrogens is 172 g/mol. The van der Waals surface area contributed by atoms with Crippen LogP contribution in [0, 0.1) is 0 Å². The van der Waals surface area contributed by atoms with E-state index in [1.165, 1.54) is 5.56 Å². The van der Waals surface area contributed by atoms with Gasteiger partial charge < -0.3 is 4.74 Å². The van der Waals surface area contributed by atoms with Crippen LogP contribution in [0.3, 0.4) is 0 Å². The van der Waals surface area contributed by atoms with Crippen LogP contribution in [0.1, 0.15) is 18.9 Å². The van der Waals surface area contributed by atoms with E-state index >= 15 is 0 Å². The van der Waals surface area contributed by atoms with Gasteiger partial charge in [-0.1, -0.05) is 30.7 Å². The molecule has 1 fully saturated rings. The molecule has 1 aromatic carbocycles. The smallest absolute Gasteiger partial charge is 0.116 e. The normalized spacial score (nSPS) is 27.2. The highest BCUT2D eigenvalue weighted by atomic mass is 35.5. The van der Waals surface area contributed by atoms with Crippen LogP contribution in [0.25, 0.3) is 0 Å². The zero-order chi connectivity index (χ0) is 8.60. The van der Waals surface area contributed by atoms with Crippen LogP contribution in [0.15, 0.2) is 24.3 Å². The minimum Gasteiger partial charge on any atom is -0.365 e. The molecular formula is C10H11ClO. The summed E-state index contributed by atoms with van der Waals surface area (Å²) in [5.41, 5.74) is 1.20. The average molecular weight is 183 g/mol. The van der Waals surface area contributed by atoms with E-state index in [-0.39, 0.29) is 5.60 Å². The Morgan fingerprint density at radius 2 is 2.33 bits per heavy atom. The minimum atomic E-state index is -0.00903. The van der Waals surface area contributed by atoms with Crippen molar-refractivity contribution in [3.63, 3.8) is 0 Å². The molecule has 1 aliphatic rings. The topological polar surface area (TPSA) is 12.5 Å². The molecule has 1 atom stereocenters. The molecule has 0 aliphatic carbocycles. The molecule has 1 nitrogen and oxygen atoms in total. The van der Waals surface area contributed by atoms with E-state index in [1.54, 1.807) is 0 Å². The first kappa shape index (κ1) is 8.09. The van der Waals surface area contributed by atoms with Crippen LogP contribution < -0.4 is 0 Å². The van der Waals surface area contributed by atoms with E-state index in [4.69, 9.17) is 16.3 Å². The van der Waals surface area contributed by atoms with Crippen molar-refractivity contribution in [1.29, 1.82) is 0 Å². The molecule has 2 heteroatoms. The van der Waals surface area contributed by atoms with Crippen molar-refractivity contribution < 1.29 is 4.74 Å². The van der Waals surface area contributed by atoms with Crippen LogP contribution in [0.4, 0.5) is 0 Å². The Morgan fingerprint density at radius 3 is 2.83 bits per heavy atom. The van der Waals surface area contributed by atoms with E-state index in [1.807, 2.05) is 18.2 Å². The number of rotatable bonds is 2. The summed E-state index contributed by atoms with van der Waals surface area (Å²) < 4.78 is 5.43. The fourth-order valence-corrected chi connectivity index (χ4v) is 1.62. The molecule has 1 aromatic rings. The second-order valence-corrected chi connectivity index (χ2v) is 3.58. The second-order valence-electron chi connectivity index (χ2n) is 3.15. The van der Waals surface area contributed by atoms with Gasteiger partial charge in [-0.3, -0.25) is 0 Å². The summed E-state index contributed by atoms with van der Waals surface area (Å²) in [4.78, 5) is 0. The average Bonchev–Trinajstić information content (AvgIpc) is 2.84. The molecule has 0 saturated carbocycles. The van der Waals surface area contributed by atoms with Crippen molar-refractivity contribution in [2.24, 2.45) is 0 Å². The predicted octanol–water partition coefficient (Wildman–Crippen LogP) is 2.98. The largest absolute Gasteiger partial charge is 0.365 e. The third kappa shape index (κ3) is 1.23. The molecule has 12 heavy (non-hydrogen) atoms. The van der Waals surface area contributed by atoms with Gasteiger partial charge in [0, 0.05) is 5.02 Å². The van der Waals surface area contributed by atoms with Gasteiger partial charge in [0.25, 0.3) is 0 Å². The van der Waals surface area contributed by atoms with E-state index in [2.05, 4.69) is 13.0 Å². The summed E-state index contributed by atoms with van der Waals surface area (Å²) in [6.45, 7) is 2.97. The highest BCUT2D eigenvalue weighted by molar-refractivity contribution is 6.30. The third-order valence-electron chi connectivity index (χ3n) is 2.41. The Balaban J connectivity index is 2.34. The van der Waals surface area contributed by atoms with E-state index in [9.17, 15) is 0 Å². The molecule has 1 unspecified atom stereocenters. The first-order valence-electron chi connectivity index (χ1n) is 4.17. The monoisotopic (exact) mass is 182 g/mol. The lowest BCUT2D eigenvalue weighted by molar-refractivity contribution is 0.301.